The average Bonchev–Trinajstić information content (AvgIpc) is 2.41. The van der Waals surface area contributed by atoms with Gasteiger partial charge in [-0.05, 0) is 53.0 Å². The normalized spacial score (nSPS) is 12.2. The lowest BCUT2D eigenvalue weighted by Gasteiger charge is -2.15. The molecule has 0 fully saturated rings. The molecule has 0 heterocycles. The van der Waals surface area contributed by atoms with Gasteiger partial charge in [0.2, 0.25) is 0 Å². The Labute approximate surface area is 122 Å². The van der Waals surface area contributed by atoms with Crippen molar-refractivity contribution in [2.45, 2.75) is 26.4 Å². The number of hydrogen-bond acceptors (Lipinski definition) is 2. The summed E-state index contributed by atoms with van der Waals surface area (Å²) in [6.45, 7) is 3.98. The highest BCUT2D eigenvalue weighted by molar-refractivity contribution is 9.10. The number of halogens is 1. The largest absolute Gasteiger partial charge is 0.456 e. The molecule has 0 aromatic heterocycles. The molecule has 100 valence electrons. The number of ether oxygens (including phenoxy) is 1. The van der Waals surface area contributed by atoms with Crippen molar-refractivity contribution in [3.05, 3.63) is 58.1 Å². The molecule has 0 radical (unpaired) electrons. The van der Waals surface area contributed by atoms with Gasteiger partial charge in [-0.3, -0.25) is 0 Å². The van der Waals surface area contributed by atoms with Gasteiger partial charge < -0.3 is 9.84 Å². The van der Waals surface area contributed by atoms with Gasteiger partial charge in [-0.15, -0.1) is 0 Å². The third-order valence-electron chi connectivity index (χ3n) is 2.97. The third-order valence-corrected chi connectivity index (χ3v) is 3.59. The van der Waals surface area contributed by atoms with Crippen LogP contribution < -0.4 is 4.74 Å². The highest BCUT2D eigenvalue weighted by Crippen LogP contribution is 2.34. The summed E-state index contributed by atoms with van der Waals surface area (Å²) in [6.07, 6.45) is 0.163. The van der Waals surface area contributed by atoms with E-state index in [0.717, 1.165) is 15.8 Å². The Bertz CT molecular complexity index is 566. The third kappa shape index (κ3) is 3.37. The monoisotopic (exact) mass is 320 g/mol. The first-order valence-corrected chi connectivity index (χ1v) is 7.12. The molecule has 0 saturated carbocycles. The number of para-hydroxylation sites is 1. The number of aliphatic hydroxyl groups excluding tert-OH is 1. The van der Waals surface area contributed by atoms with E-state index in [1.807, 2.05) is 56.3 Å². The molecule has 0 bridgehead atoms. The molecule has 3 heteroatoms. The molecule has 0 aliphatic carbocycles. The Hall–Kier alpha value is -1.32. The summed E-state index contributed by atoms with van der Waals surface area (Å²) in [6, 6.07) is 13.5. The van der Waals surface area contributed by atoms with Crippen LogP contribution >= 0.6 is 15.9 Å². The van der Waals surface area contributed by atoms with E-state index in [2.05, 4.69) is 15.9 Å². The number of rotatable bonds is 4. The maximum absolute atomic E-state index is 10.0. The van der Waals surface area contributed by atoms with Crippen LogP contribution in [0.3, 0.4) is 0 Å². The molecule has 19 heavy (non-hydrogen) atoms. The zero-order chi connectivity index (χ0) is 13.8. The second-order valence-electron chi connectivity index (χ2n) is 4.50. The van der Waals surface area contributed by atoms with Gasteiger partial charge in [0.05, 0.1) is 10.6 Å². The van der Waals surface area contributed by atoms with Crippen LogP contribution in [-0.2, 0) is 0 Å². The molecular weight excluding hydrogens is 304 g/mol. The molecule has 1 atom stereocenters. The van der Waals surface area contributed by atoms with E-state index in [1.165, 1.54) is 5.56 Å². The van der Waals surface area contributed by atoms with Crippen LogP contribution in [0.25, 0.3) is 0 Å². The van der Waals surface area contributed by atoms with Gasteiger partial charge >= 0.3 is 0 Å². The first-order valence-electron chi connectivity index (χ1n) is 6.32. The number of aliphatic hydroxyl groups is 1. The molecular formula is C16H17BrO2. The van der Waals surface area contributed by atoms with E-state index in [4.69, 9.17) is 4.74 Å². The van der Waals surface area contributed by atoms with Crippen molar-refractivity contribution in [1.82, 2.24) is 0 Å². The second-order valence-corrected chi connectivity index (χ2v) is 5.35. The van der Waals surface area contributed by atoms with E-state index in [1.54, 1.807) is 0 Å². The number of benzene rings is 2. The minimum atomic E-state index is -0.500. The smallest absolute Gasteiger partial charge is 0.141 e. The highest BCUT2D eigenvalue weighted by atomic mass is 79.9. The lowest BCUT2D eigenvalue weighted by molar-refractivity contribution is 0.170. The summed E-state index contributed by atoms with van der Waals surface area (Å²) in [5.74, 6) is 1.45. The fourth-order valence-corrected chi connectivity index (χ4v) is 2.45. The predicted molar refractivity (Wildman–Crippen MR) is 80.6 cm³/mol. The first kappa shape index (κ1) is 14.1. The molecule has 0 aliphatic heterocycles. The van der Waals surface area contributed by atoms with Gasteiger partial charge in [0.1, 0.15) is 11.5 Å². The van der Waals surface area contributed by atoms with Crippen LogP contribution in [0.4, 0.5) is 0 Å². The van der Waals surface area contributed by atoms with E-state index in [-0.39, 0.29) is 0 Å². The summed E-state index contributed by atoms with van der Waals surface area (Å²) in [5, 5.41) is 10.0. The Morgan fingerprint density at radius 3 is 2.58 bits per heavy atom. The predicted octanol–water partition coefficient (Wildman–Crippen LogP) is 4.99. The van der Waals surface area contributed by atoms with Crippen LogP contribution in [0.2, 0.25) is 0 Å². The summed E-state index contributed by atoms with van der Waals surface area (Å²) < 4.78 is 6.82. The molecule has 1 N–H and O–H groups in total. The van der Waals surface area contributed by atoms with Crippen LogP contribution in [0.15, 0.2) is 46.9 Å². The zero-order valence-electron chi connectivity index (χ0n) is 11.1. The van der Waals surface area contributed by atoms with Gasteiger partial charge in [0, 0.05) is 5.56 Å². The first-order chi connectivity index (χ1) is 9.11. The van der Waals surface area contributed by atoms with Crippen molar-refractivity contribution in [2.24, 2.45) is 0 Å². The number of hydrogen-bond donors (Lipinski definition) is 1. The van der Waals surface area contributed by atoms with Crippen LogP contribution in [-0.4, -0.2) is 5.11 Å². The van der Waals surface area contributed by atoms with Crippen LogP contribution in [0.5, 0.6) is 11.5 Å². The van der Waals surface area contributed by atoms with Gasteiger partial charge in [-0.25, -0.2) is 0 Å². The second kappa shape index (κ2) is 6.22. The highest BCUT2D eigenvalue weighted by Gasteiger charge is 2.12. The minimum absolute atomic E-state index is 0.500. The quantitative estimate of drug-likeness (QED) is 0.859. The van der Waals surface area contributed by atoms with Crippen molar-refractivity contribution < 1.29 is 9.84 Å². The fourth-order valence-electron chi connectivity index (χ4n) is 1.88. The fraction of sp³-hybridized carbons (Fsp3) is 0.250. The summed E-state index contributed by atoms with van der Waals surface area (Å²) in [7, 11) is 0. The summed E-state index contributed by atoms with van der Waals surface area (Å²) in [4.78, 5) is 0. The van der Waals surface area contributed by atoms with Gasteiger partial charge in [0.15, 0.2) is 0 Å². The van der Waals surface area contributed by atoms with Crippen LogP contribution in [0, 0.1) is 6.92 Å². The topological polar surface area (TPSA) is 29.5 Å². The Morgan fingerprint density at radius 1 is 1.16 bits per heavy atom. The molecule has 2 nitrogen and oxygen atoms in total. The average molecular weight is 321 g/mol. The standard InChI is InChI=1S/C16H17BrO2/c1-3-14(18)12-6-4-5-7-15(12)19-16-9-8-11(2)10-13(16)17/h4-10,14,18H,3H2,1-2H3/t14-/m0/s1. The van der Waals surface area contributed by atoms with E-state index in [9.17, 15) is 5.11 Å². The SMILES string of the molecule is CC[C@H](O)c1ccccc1Oc1ccc(C)cc1Br. The molecule has 2 rings (SSSR count). The lowest BCUT2D eigenvalue weighted by atomic mass is 10.1. The lowest BCUT2D eigenvalue weighted by Crippen LogP contribution is -1.98. The maximum Gasteiger partial charge on any atom is 0.141 e. The van der Waals surface area contributed by atoms with Crippen molar-refractivity contribution in [3.63, 3.8) is 0 Å². The number of aryl methyl sites for hydroxylation is 1. The molecule has 0 aliphatic rings. The summed E-state index contributed by atoms with van der Waals surface area (Å²) >= 11 is 3.50. The van der Waals surface area contributed by atoms with Crippen molar-refractivity contribution in [2.75, 3.05) is 0 Å². The van der Waals surface area contributed by atoms with E-state index < -0.39 is 6.10 Å². The van der Waals surface area contributed by atoms with Crippen molar-refractivity contribution in [1.29, 1.82) is 0 Å². The van der Waals surface area contributed by atoms with Crippen LogP contribution in [0.1, 0.15) is 30.6 Å². The van der Waals surface area contributed by atoms with Gasteiger partial charge in [-0.1, -0.05) is 31.2 Å². The molecule has 0 spiro atoms. The van der Waals surface area contributed by atoms with E-state index >= 15 is 0 Å². The van der Waals surface area contributed by atoms with Crippen molar-refractivity contribution in [3.8, 4) is 11.5 Å². The Morgan fingerprint density at radius 2 is 1.89 bits per heavy atom. The molecule has 0 amide bonds. The van der Waals surface area contributed by atoms with Gasteiger partial charge in [-0.2, -0.15) is 0 Å². The molecule has 0 unspecified atom stereocenters. The zero-order valence-corrected chi connectivity index (χ0v) is 12.6. The Kier molecular flexibility index (Phi) is 4.61. The van der Waals surface area contributed by atoms with Gasteiger partial charge in [0.25, 0.3) is 0 Å². The Balaban J connectivity index is 2.33. The van der Waals surface area contributed by atoms with Crippen molar-refractivity contribution >= 4 is 15.9 Å². The summed E-state index contributed by atoms with van der Waals surface area (Å²) in [5.41, 5.74) is 1.98. The minimum Gasteiger partial charge on any atom is -0.456 e. The molecule has 0 saturated heterocycles. The molecule has 2 aromatic carbocycles. The maximum atomic E-state index is 10.0. The van der Waals surface area contributed by atoms with E-state index in [0.29, 0.717) is 12.2 Å². The molecule has 2 aromatic rings.